The van der Waals surface area contributed by atoms with Gasteiger partial charge in [-0.3, -0.25) is 4.79 Å². The quantitative estimate of drug-likeness (QED) is 0.851. The Labute approximate surface area is 123 Å². The first-order chi connectivity index (χ1) is 10.1. The number of hydrogen-bond acceptors (Lipinski definition) is 5. The maximum Gasteiger partial charge on any atom is 0.322 e. The normalized spacial score (nSPS) is 12.0. The average molecular weight is 289 g/mol. The molecule has 2 aromatic carbocycles. The Balaban J connectivity index is 2.48. The number of carbonyl (C=O) groups is 1. The van der Waals surface area contributed by atoms with E-state index in [0.717, 1.165) is 22.1 Å². The first-order valence-electron chi connectivity index (χ1n) is 6.57. The van der Waals surface area contributed by atoms with Gasteiger partial charge in [-0.2, -0.15) is 0 Å². The number of carbonyl (C=O) groups excluding carboxylic acids is 1. The lowest BCUT2D eigenvalue weighted by Crippen LogP contribution is -2.33. The van der Waals surface area contributed by atoms with Gasteiger partial charge < -0.3 is 19.9 Å². The van der Waals surface area contributed by atoms with E-state index in [4.69, 9.17) is 15.2 Å². The second-order valence-electron chi connectivity index (χ2n) is 4.68. The van der Waals surface area contributed by atoms with E-state index < -0.39 is 12.0 Å². The molecule has 0 amide bonds. The van der Waals surface area contributed by atoms with E-state index in [2.05, 4.69) is 4.74 Å². The van der Waals surface area contributed by atoms with Crippen LogP contribution in [0.15, 0.2) is 30.3 Å². The van der Waals surface area contributed by atoms with Crippen molar-refractivity contribution in [1.82, 2.24) is 0 Å². The number of methoxy groups -OCH3 is 3. The number of esters is 1. The van der Waals surface area contributed by atoms with Crippen molar-refractivity contribution in [2.75, 3.05) is 21.3 Å². The summed E-state index contributed by atoms with van der Waals surface area (Å²) < 4.78 is 15.4. The van der Waals surface area contributed by atoms with Gasteiger partial charge >= 0.3 is 5.97 Å². The average Bonchev–Trinajstić information content (AvgIpc) is 2.52. The summed E-state index contributed by atoms with van der Waals surface area (Å²) in [5.41, 5.74) is 6.68. The van der Waals surface area contributed by atoms with Crippen LogP contribution < -0.4 is 15.2 Å². The molecule has 0 saturated heterocycles. The van der Waals surface area contributed by atoms with Crippen LogP contribution >= 0.6 is 0 Å². The van der Waals surface area contributed by atoms with E-state index in [1.165, 1.54) is 7.11 Å². The molecule has 0 saturated carbocycles. The topological polar surface area (TPSA) is 70.8 Å². The molecule has 1 unspecified atom stereocenters. The summed E-state index contributed by atoms with van der Waals surface area (Å²) in [7, 11) is 4.54. The van der Waals surface area contributed by atoms with Gasteiger partial charge in [0.05, 0.1) is 21.3 Å². The monoisotopic (exact) mass is 289 g/mol. The molecule has 0 bridgehead atoms. The first kappa shape index (κ1) is 15.1. The highest BCUT2D eigenvalue weighted by Crippen LogP contribution is 2.32. The van der Waals surface area contributed by atoms with Crippen molar-refractivity contribution in [1.29, 1.82) is 0 Å². The predicted octanol–water partition coefficient (Wildman–Crippen LogP) is 1.90. The third-order valence-corrected chi connectivity index (χ3v) is 3.41. The van der Waals surface area contributed by atoms with Crippen LogP contribution in [0, 0.1) is 0 Å². The lowest BCUT2D eigenvalue weighted by molar-refractivity contribution is -0.142. The van der Waals surface area contributed by atoms with Gasteiger partial charge in [-0.25, -0.2) is 0 Å². The highest BCUT2D eigenvalue weighted by Gasteiger charge is 2.18. The minimum Gasteiger partial charge on any atom is -0.496 e. The highest BCUT2D eigenvalue weighted by molar-refractivity contribution is 5.90. The zero-order chi connectivity index (χ0) is 15.4. The van der Waals surface area contributed by atoms with Crippen LogP contribution in [0.5, 0.6) is 11.5 Å². The van der Waals surface area contributed by atoms with Crippen molar-refractivity contribution in [2.24, 2.45) is 5.73 Å². The van der Waals surface area contributed by atoms with E-state index in [1.807, 2.05) is 30.3 Å². The van der Waals surface area contributed by atoms with Gasteiger partial charge in [-0.05, 0) is 29.1 Å². The van der Waals surface area contributed by atoms with Crippen LogP contribution in [-0.2, 0) is 16.0 Å². The van der Waals surface area contributed by atoms with Crippen LogP contribution in [0.4, 0.5) is 0 Å². The molecule has 21 heavy (non-hydrogen) atoms. The zero-order valence-corrected chi connectivity index (χ0v) is 12.4. The lowest BCUT2D eigenvalue weighted by Gasteiger charge is -2.15. The Morgan fingerprint density at radius 1 is 1.14 bits per heavy atom. The third-order valence-electron chi connectivity index (χ3n) is 3.41. The lowest BCUT2D eigenvalue weighted by atomic mass is 10.00. The molecule has 5 nitrogen and oxygen atoms in total. The number of benzene rings is 2. The van der Waals surface area contributed by atoms with E-state index >= 15 is 0 Å². The first-order valence-corrected chi connectivity index (χ1v) is 6.57. The molecule has 0 aliphatic carbocycles. The van der Waals surface area contributed by atoms with E-state index in [0.29, 0.717) is 12.2 Å². The zero-order valence-electron chi connectivity index (χ0n) is 12.4. The summed E-state index contributed by atoms with van der Waals surface area (Å²) in [4.78, 5) is 11.5. The van der Waals surface area contributed by atoms with Crippen LogP contribution in [0.1, 0.15) is 5.56 Å². The van der Waals surface area contributed by atoms with Crippen molar-refractivity contribution in [3.05, 3.63) is 35.9 Å². The van der Waals surface area contributed by atoms with Gasteiger partial charge in [0.25, 0.3) is 0 Å². The standard InChI is InChI=1S/C16H19NO4/c1-19-14-6-4-5-10-9-15(20-2)11(7-12(10)14)8-13(17)16(18)21-3/h4-7,9,13H,8,17H2,1-3H3. The molecule has 2 rings (SSSR count). The molecule has 1 atom stereocenters. The molecule has 0 radical (unpaired) electrons. The van der Waals surface area contributed by atoms with Crippen molar-refractivity contribution in [2.45, 2.75) is 12.5 Å². The predicted molar refractivity (Wildman–Crippen MR) is 80.7 cm³/mol. The molecule has 0 heterocycles. The molecule has 0 aliphatic heterocycles. The molecule has 0 spiro atoms. The Bertz CT molecular complexity index is 654. The minimum absolute atomic E-state index is 0.337. The maximum atomic E-state index is 11.5. The molecule has 2 aromatic rings. The molecule has 112 valence electrons. The van der Waals surface area contributed by atoms with Crippen molar-refractivity contribution < 1.29 is 19.0 Å². The van der Waals surface area contributed by atoms with Crippen LogP contribution in [0.2, 0.25) is 0 Å². The Morgan fingerprint density at radius 3 is 2.48 bits per heavy atom. The molecular weight excluding hydrogens is 270 g/mol. The van der Waals surface area contributed by atoms with Gasteiger partial charge in [0, 0.05) is 11.8 Å². The van der Waals surface area contributed by atoms with Gasteiger partial charge in [-0.15, -0.1) is 0 Å². The fourth-order valence-electron chi connectivity index (χ4n) is 2.32. The van der Waals surface area contributed by atoms with E-state index in [-0.39, 0.29) is 0 Å². The third kappa shape index (κ3) is 3.08. The molecular formula is C16H19NO4. The molecule has 5 heteroatoms. The summed E-state index contributed by atoms with van der Waals surface area (Å²) >= 11 is 0. The SMILES string of the molecule is COC(=O)C(N)Cc1cc2c(OC)cccc2cc1OC. The van der Waals surface area contributed by atoms with Gasteiger partial charge in [0.1, 0.15) is 17.5 Å². The van der Waals surface area contributed by atoms with Crippen LogP contribution in [-0.4, -0.2) is 33.3 Å². The summed E-state index contributed by atoms with van der Waals surface area (Å²) in [6.07, 6.45) is 0.337. The van der Waals surface area contributed by atoms with E-state index in [9.17, 15) is 4.79 Å². The van der Waals surface area contributed by atoms with Crippen LogP contribution in [0.25, 0.3) is 10.8 Å². The van der Waals surface area contributed by atoms with Crippen molar-refractivity contribution >= 4 is 16.7 Å². The largest absolute Gasteiger partial charge is 0.496 e. The number of nitrogens with two attached hydrogens (primary N) is 1. The summed E-state index contributed by atoms with van der Waals surface area (Å²) in [6, 6.07) is 8.91. The number of hydrogen-bond donors (Lipinski definition) is 1. The maximum absolute atomic E-state index is 11.5. The summed E-state index contributed by atoms with van der Waals surface area (Å²) in [6.45, 7) is 0. The molecule has 0 fully saturated rings. The number of ether oxygens (including phenoxy) is 3. The second kappa shape index (κ2) is 6.45. The van der Waals surface area contributed by atoms with Gasteiger partial charge in [0.15, 0.2) is 0 Å². The van der Waals surface area contributed by atoms with Gasteiger partial charge in [0.2, 0.25) is 0 Å². The molecule has 0 aliphatic rings. The fourth-order valence-corrected chi connectivity index (χ4v) is 2.32. The summed E-state index contributed by atoms with van der Waals surface area (Å²) in [5.74, 6) is 1.01. The highest BCUT2D eigenvalue weighted by atomic mass is 16.5. The van der Waals surface area contributed by atoms with Crippen LogP contribution in [0.3, 0.4) is 0 Å². The number of rotatable bonds is 5. The fraction of sp³-hybridized carbons (Fsp3) is 0.312. The summed E-state index contributed by atoms with van der Waals surface area (Å²) in [5, 5.41) is 1.95. The van der Waals surface area contributed by atoms with Gasteiger partial charge in [-0.1, -0.05) is 12.1 Å². The Hall–Kier alpha value is -2.27. The Morgan fingerprint density at radius 2 is 1.86 bits per heavy atom. The minimum atomic E-state index is -0.726. The number of fused-ring (bicyclic) bond motifs is 1. The Kier molecular flexibility index (Phi) is 4.65. The van der Waals surface area contributed by atoms with Crippen molar-refractivity contribution in [3.63, 3.8) is 0 Å². The van der Waals surface area contributed by atoms with Crippen molar-refractivity contribution in [3.8, 4) is 11.5 Å². The van der Waals surface area contributed by atoms with E-state index in [1.54, 1.807) is 14.2 Å². The second-order valence-corrected chi connectivity index (χ2v) is 4.68. The molecule has 2 N–H and O–H groups in total. The molecule has 0 aromatic heterocycles. The smallest absolute Gasteiger partial charge is 0.322 e.